The molecule has 3 aromatic rings. The van der Waals surface area contributed by atoms with Gasteiger partial charge in [0.05, 0.1) is 4.90 Å². The van der Waals surface area contributed by atoms with Crippen molar-refractivity contribution in [3.63, 3.8) is 0 Å². The lowest BCUT2D eigenvalue weighted by Gasteiger charge is -2.25. The first kappa shape index (κ1) is 29.9. The number of nitrogens with one attached hydrogen (secondary N) is 4. The van der Waals surface area contributed by atoms with Crippen molar-refractivity contribution in [2.75, 3.05) is 10.6 Å². The van der Waals surface area contributed by atoms with Gasteiger partial charge in [-0.05, 0) is 62.6 Å². The zero-order chi connectivity index (χ0) is 28.8. The molecule has 0 bridgehead atoms. The Hall–Kier alpha value is -3.69. The first-order valence-corrected chi connectivity index (χ1v) is 14.5. The Bertz CT molecular complexity index is 1410. The van der Waals surface area contributed by atoms with Gasteiger partial charge in [-0.1, -0.05) is 62.7 Å². The molecule has 0 unspecified atom stereocenters. The van der Waals surface area contributed by atoms with Crippen molar-refractivity contribution in [1.82, 2.24) is 4.72 Å². The number of sulfonamides is 1. The number of benzene rings is 3. The number of amidine groups is 1. The summed E-state index contributed by atoms with van der Waals surface area (Å²) in [6.07, 6.45) is 1.14. The molecular weight excluding hydrogens is 510 g/mol. The third kappa shape index (κ3) is 8.40. The topological polar surface area (TPSA) is 137 Å². The Labute approximate surface area is 232 Å². The minimum Gasteiger partial charge on any atom is -0.384 e. The molecule has 9 heteroatoms. The van der Waals surface area contributed by atoms with Crippen LogP contribution in [0, 0.1) is 11.3 Å². The molecule has 3 aromatic carbocycles. The van der Waals surface area contributed by atoms with Crippen molar-refractivity contribution in [1.29, 1.82) is 5.41 Å². The molecule has 8 nitrogen and oxygen atoms in total. The van der Waals surface area contributed by atoms with Crippen molar-refractivity contribution >= 4 is 33.1 Å². The van der Waals surface area contributed by atoms with Gasteiger partial charge in [-0.2, -0.15) is 0 Å². The predicted molar refractivity (Wildman–Crippen MR) is 160 cm³/mol. The summed E-state index contributed by atoms with van der Waals surface area (Å²) in [5.74, 6) is 0.0746. The zero-order valence-electron chi connectivity index (χ0n) is 23.2. The molecular formula is C30H39N5O3S. The van der Waals surface area contributed by atoms with Gasteiger partial charge in [-0.3, -0.25) is 10.2 Å². The monoisotopic (exact) mass is 549 g/mol. The molecule has 0 saturated heterocycles. The van der Waals surface area contributed by atoms with Gasteiger partial charge >= 0.3 is 0 Å². The number of hydrogen-bond donors (Lipinski definition) is 5. The van der Waals surface area contributed by atoms with Crippen LogP contribution in [0.4, 0.5) is 11.4 Å². The van der Waals surface area contributed by atoms with E-state index in [4.69, 9.17) is 11.1 Å². The number of hydrogen-bond acceptors (Lipinski definition) is 5. The summed E-state index contributed by atoms with van der Waals surface area (Å²) in [7, 11) is -3.73. The molecule has 0 fully saturated rings. The van der Waals surface area contributed by atoms with E-state index in [0.717, 1.165) is 17.7 Å². The molecule has 0 aliphatic carbocycles. The summed E-state index contributed by atoms with van der Waals surface area (Å²) < 4.78 is 28.8. The molecule has 0 saturated carbocycles. The van der Waals surface area contributed by atoms with Gasteiger partial charge in [0.25, 0.3) is 0 Å². The van der Waals surface area contributed by atoms with Crippen LogP contribution >= 0.6 is 0 Å². The van der Waals surface area contributed by atoms with Crippen LogP contribution in [0.2, 0.25) is 0 Å². The summed E-state index contributed by atoms with van der Waals surface area (Å²) >= 11 is 0. The maximum atomic E-state index is 13.0. The highest BCUT2D eigenvalue weighted by Crippen LogP contribution is 2.29. The highest BCUT2D eigenvalue weighted by Gasteiger charge is 2.25. The van der Waals surface area contributed by atoms with Gasteiger partial charge in [-0.25, -0.2) is 13.1 Å². The Morgan fingerprint density at radius 2 is 1.64 bits per heavy atom. The van der Waals surface area contributed by atoms with Crippen LogP contribution in [0.5, 0.6) is 0 Å². The minimum atomic E-state index is -3.73. The Kier molecular flexibility index (Phi) is 9.53. The maximum Gasteiger partial charge on any atom is 0.241 e. The number of carbonyl (C=O) groups is 1. The molecule has 0 aliphatic rings. The number of anilines is 2. The van der Waals surface area contributed by atoms with Crippen molar-refractivity contribution in [3.05, 3.63) is 78.4 Å². The quantitative estimate of drug-likeness (QED) is 0.157. The zero-order valence-corrected chi connectivity index (χ0v) is 24.0. The van der Waals surface area contributed by atoms with E-state index in [1.807, 2.05) is 18.2 Å². The van der Waals surface area contributed by atoms with Gasteiger partial charge in [0.15, 0.2) is 0 Å². The van der Waals surface area contributed by atoms with E-state index in [2.05, 4.69) is 29.2 Å². The van der Waals surface area contributed by atoms with E-state index in [1.165, 1.54) is 0 Å². The summed E-state index contributed by atoms with van der Waals surface area (Å²) in [4.78, 5) is 13.2. The third-order valence-electron chi connectivity index (χ3n) is 6.36. The van der Waals surface area contributed by atoms with Crippen LogP contribution in [-0.4, -0.2) is 31.7 Å². The highest BCUT2D eigenvalue weighted by atomic mass is 32.2. The lowest BCUT2D eigenvalue weighted by molar-refractivity contribution is -0.116. The predicted octanol–water partition coefficient (Wildman–Crippen LogP) is 5.57. The Morgan fingerprint density at radius 1 is 0.974 bits per heavy atom. The summed E-state index contributed by atoms with van der Waals surface area (Å²) in [6.45, 7) is 9.57. The summed E-state index contributed by atoms with van der Waals surface area (Å²) in [6, 6.07) is 21.2. The van der Waals surface area contributed by atoms with E-state index < -0.39 is 15.6 Å². The fourth-order valence-electron chi connectivity index (χ4n) is 4.21. The van der Waals surface area contributed by atoms with Crippen LogP contribution in [0.15, 0.2) is 77.7 Å². The minimum absolute atomic E-state index is 0.00869. The van der Waals surface area contributed by atoms with E-state index in [9.17, 15) is 13.2 Å². The fraction of sp³-hybridized carbons (Fsp3) is 0.333. The molecule has 0 aromatic heterocycles. The largest absolute Gasteiger partial charge is 0.384 e. The summed E-state index contributed by atoms with van der Waals surface area (Å²) in [5.41, 5.74) is 8.38. The third-order valence-corrected chi connectivity index (χ3v) is 8.17. The second-order valence-electron chi connectivity index (χ2n) is 10.8. The van der Waals surface area contributed by atoms with Crippen LogP contribution in [0.25, 0.3) is 11.1 Å². The van der Waals surface area contributed by atoms with Gasteiger partial charge in [-0.15, -0.1) is 0 Å². The summed E-state index contributed by atoms with van der Waals surface area (Å²) in [5, 5.41) is 14.1. The number of nitrogen functional groups attached to an aromatic ring is 1. The first-order valence-electron chi connectivity index (χ1n) is 13.0. The fourth-order valence-corrected chi connectivity index (χ4v) is 5.86. The van der Waals surface area contributed by atoms with Gasteiger partial charge in [0, 0.05) is 40.5 Å². The second-order valence-corrected chi connectivity index (χ2v) is 12.5. The molecule has 0 spiro atoms. The lowest BCUT2D eigenvalue weighted by atomic mass is 9.95. The average Bonchev–Trinajstić information content (AvgIpc) is 2.87. The molecule has 6 N–H and O–H groups in total. The van der Waals surface area contributed by atoms with Crippen LogP contribution in [0.1, 0.15) is 53.0 Å². The number of rotatable bonds is 11. The Balaban J connectivity index is 1.74. The van der Waals surface area contributed by atoms with Crippen molar-refractivity contribution in [2.24, 2.45) is 11.7 Å². The normalized spacial score (nSPS) is 13.4. The lowest BCUT2D eigenvalue weighted by Crippen LogP contribution is -2.40. The van der Waals surface area contributed by atoms with E-state index in [-0.39, 0.29) is 35.0 Å². The molecule has 1 amide bonds. The number of nitrogens with two attached hydrogens (primary N) is 1. The SMILES string of the molecule is CC[C@H](C)[C@H](CC(=O)Nc1ccc(-c2ccccc2S(=O)(=O)NC(C)(C)C)cc1)Nc1cccc(C(=N)N)c1. The first-order chi connectivity index (χ1) is 18.3. The van der Waals surface area contributed by atoms with Crippen LogP contribution < -0.4 is 21.1 Å². The number of amides is 1. The molecule has 0 heterocycles. The van der Waals surface area contributed by atoms with E-state index in [0.29, 0.717) is 16.8 Å². The number of carbonyl (C=O) groups excluding carboxylic acids is 1. The van der Waals surface area contributed by atoms with Crippen LogP contribution in [-0.2, 0) is 14.8 Å². The van der Waals surface area contributed by atoms with Crippen LogP contribution in [0.3, 0.4) is 0 Å². The maximum absolute atomic E-state index is 13.0. The van der Waals surface area contributed by atoms with Crippen molar-refractivity contribution in [3.8, 4) is 11.1 Å². The smallest absolute Gasteiger partial charge is 0.241 e. The van der Waals surface area contributed by atoms with Gasteiger partial charge < -0.3 is 16.4 Å². The molecule has 39 heavy (non-hydrogen) atoms. The average molecular weight is 550 g/mol. The molecule has 0 aliphatic heterocycles. The van der Waals surface area contributed by atoms with E-state index >= 15 is 0 Å². The highest BCUT2D eigenvalue weighted by molar-refractivity contribution is 7.89. The van der Waals surface area contributed by atoms with Gasteiger partial charge in [0.2, 0.25) is 15.9 Å². The van der Waals surface area contributed by atoms with Gasteiger partial charge in [0.1, 0.15) is 5.84 Å². The molecule has 208 valence electrons. The molecule has 0 radical (unpaired) electrons. The molecule has 3 rings (SSSR count). The second kappa shape index (κ2) is 12.4. The van der Waals surface area contributed by atoms with Crippen molar-refractivity contribution in [2.45, 2.75) is 63.9 Å². The molecule has 2 atom stereocenters. The van der Waals surface area contributed by atoms with E-state index in [1.54, 1.807) is 75.4 Å². The Morgan fingerprint density at radius 3 is 2.26 bits per heavy atom. The standard InChI is InChI=1S/C30H39N5O3S/c1-6-20(2)26(33-24-11-9-10-22(18-24)29(31)32)19-28(36)34-23-16-14-21(15-17-23)25-12-7-8-13-27(25)39(37,38)35-30(3,4)5/h7-18,20,26,33,35H,6,19H2,1-5H3,(H3,31,32)(H,34,36)/t20-,26-/m0/s1. The van der Waals surface area contributed by atoms with Crippen molar-refractivity contribution < 1.29 is 13.2 Å².